The van der Waals surface area contributed by atoms with Crippen molar-refractivity contribution in [3.05, 3.63) is 70.6 Å². The highest BCUT2D eigenvalue weighted by Crippen LogP contribution is 2.45. The molecule has 2 saturated heterocycles. The number of pyridine rings is 1. The number of hydrogen-bond donors (Lipinski definition) is 0. The molecule has 1 aromatic heterocycles. The second-order valence-electron chi connectivity index (χ2n) is 12.3. The van der Waals surface area contributed by atoms with Gasteiger partial charge >= 0.3 is 6.18 Å². The highest BCUT2D eigenvalue weighted by Gasteiger charge is 2.49. The molecule has 2 aromatic rings. The van der Waals surface area contributed by atoms with Crippen LogP contribution in [-0.4, -0.2) is 65.1 Å². The highest BCUT2D eigenvalue weighted by molar-refractivity contribution is 5.86. The lowest BCUT2D eigenvalue weighted by Crippen LogP contribution is -2.60. The Bertz CT molecular complexity index is 1290. The molecule has 1 aromatic carbocycles. The van der Waals surface area contributed by atoms with Crippen molar-refractivity contribution in [1.29, 1.82) is 0 Å². The lowest BCUT2D eigenvalue weighted by atomic mass is 9.74. The van der Waals surface area contributed by atoms with Crippen LogP contribution in [-0.2, 0) is 34.0 Å². The van der Waals surface area contributed by atoms with Crippen LogP contribution in [0.4, 0.5) is 13.2 Å². The van der Waals surface area contributed by atoms with Crippen LogP contribution < -0.4 is 0 Å². The molecule has 4 heterocycles. The van der Waals surface area contributed by atoms with Crippen LogP contribution in [0.3, 0.4) is 0 Å². The van der Waals surface area contributed by atoms with E-state index >= 15 is 0 Å². The number of benzene rings is 1. The number of carbonyl (C=O) groups is 1. The summed E-state index contributed by atoms with van der Waals surface area (Å²) in [6.07, 6.45) is 5.67. The van der Waals surface area contributed by atoms with Gasteiger partial charge in [0, 0.05) is 42.9 Å². The number of piperidine rings is 1. The molecule has 2 fully saturated rings. The van der Waals surface area contributed by atoms with Gasteiger partial charge in [0.2, 0.25) is 0 Å². The summed E-state index contributed by atoms with van der Waals surface area (Å²) in [4.78, 5) is 22.4. The van der Waals surface area contributed by atoms with E-state index in [1.165, 1.54) is 17.2 Å². The molecular formula is C32H38F3N3O2. The van der Waals surface area contributed by atoms with Gasteiger partial charge < -0.3 is 9.64 Å². The third-order valence-electron chi connectivity index (χ3n) is 9.91. The van der Waals surface area contributed by atoms with Crippen molar-refractivity contribution >= 4 is 12.0 Å². The van der Waals surface area contributed by atoms with Gasteiger partial charge in [0.25, 0.3) is 5.91 Å². The fraction of sp³-hybridized carbons (Fsp3) is 0.562. The molecule has 2 atom stereocenters. The Morgan fingerprint density at radius 2 is 1.82 bits per heavy atom. The molecule has 214 valence electrons. The Hall–Kier alpha value is -2.71. The molecule has 0 saturated carbocycles. The smallest absolute Gasteiger partial charge is 0.363 e. The minimum absolute atomic E-state index is 0.00807. The number of aromatic nitrogens is 1. The molecular weight excluding hydrogens is 515 g/mol. The zero-order chi connectivity index (χ0) is 28.1. The van der Waals surface area contributed by atoms with Crippen LogP contribution in [0, 0.1) is 5.92 Å². The Morgan fingerprint density at radius 1 is 1.07 bits per heavy atom. The molecule has 3 aliphatic heterocycles. The number of rotatable bonds is 3. The zero-order valence-corrected chi connectivity index (χ0v) is 23.3. The van der Waals surface area contributed by atoms with Gasteiger partial charge in [-0.05, 0) is 73.9 Å². The summed E-state index contributed by atoms with van der Waals surface area (Å²) in [5.41, 5.74) is 2.52. The minimum Gasteiger partial charge on any atom is -0.363 e. The van der Waals surface area contributed by atoms with Crippen LogP contribution in [0.2, 0.25) is 0 Å². The lowest BCUT2D eigenvalue weighted by Gasteiger charge is -2.48. The van der Waals surface area contributed by atoms with E-state index in [0.717, 1.165) is 38.5 Å². The second-order valence-corrected chi connectivity index (χ2v) is 12.3. The number of fused-ring (bicyclic) bond motifs is 3. The number of ether oxygens (including phenoxy) is 1. The first-order valence-electron chi connectivity index (χ1n) is 14.6. The van der Waals surface area contributed by atoms with Crippen LogP contribution >= 0.6 is 0 Å². The average Bonchev–Trinajstić information content (AvgIpc) is 3.16. The molecule has 5 nitrogen and oxygen atoms in total. The van der Waals surface area contributed by atoms with Crippen LogP contribution in [0.25, 0.3) is 6.08 Å². The maximum Gasteiger partial charge on any atom is 0.417 e. The van der Waals surface area contributed by atoms with Gasteiger partial charge in [-0.2, -0.15) is 13.2 Å². The molecule has 6 rings (SSSR count). The molecule has 4 aliphatic rings. The third-order valence-corrected chi connectivity index (χ3v) is 9.91. The molecule has 1 aliphatic carbocycles. The number of alkyl halides is 3. The van der Waals surface area contributed by atoms with Crippen LogP contribution in [0.15, 0.2) is 42.6 Å². The zero-order valence-electron chi connectivity index (χ0n) is 23.3. The van der Waals surface area contributed by atoms with Gasteiger partial charge in [0.15, 0.2) is 0 Å². The van der Waals surface area contributed by atoms with Gasteiger partial charge in [0.1, 0.15) is 5.60 Å². The van der Waals surface area contributed by atoms with E-state index < -0.39 is 17.3 Å². The summed E-state index contributed by atoms with van der Waals surface area (Å²) < 4.78 is 46.2. The predicted octanol–water partition coefficient (Wildman–Crippen LogP) is 5.66. The first-order chi connectivity index (χ1) is 19.1. The summed E-state index contributed by atoms with van der Waals surface area (Å²) in [6, 6.07) is 10.2. The largest absolute Gasteiger partial charge is 0.417 e. The second kappa shape index (κ2) is 10.3. The summed E-state index contributed by atoms with van der Waals surface area (Å²) in [6.45, 7) is 7.42. The Labute approximate surface area is 234 Å². The van der Waals surface area contributed by atoms with E-state index in [9.17, 15) is 18.0 Å². The predicted molar refractivity (Wildman–Crippen MR) is 148 cm³/mol. The summed E-state index contributed by atoms with van der Waals surface area (Å²) in [7, 11) is 0. The van der Waals surface area contributed by atoms with Gasteiger partial charge in [-0.15, -0.1) is 0 Å². The maximum atomic E-state index is 14.0. The molecule has 0 bridgehead atoms. The number of likely N-dealkylation sites (tertiary alicyclic amines) is 1. The molecule has 2 unspecified atom stereocenters. The Morgan fingerprint density at radius 3 is 2.52 bits per heavy atom. The van der Waals surface area contributed by atoms with Gasteiger partial charge in [-0.1, -0.05) is 50.3 Å². The molecule has 0 N–H and O–H groups in total. The van der Waals surface area contributed by atoms with Crippen molar-refractivity contribution in [2.24, 2.45) is 5.92 Å². The fourth-order valence-corrected chi connectivity index (χ4v) is 7.31. The Kier molecular flexibility index (Phi) is 7.06. The topological polar surface area (TPSA) is 45.7 Å². The van der Waals surface area contributed by atoms with Crippen LogP contribution in [0.5, 0.6) is 0 Å². The van der Waals surface area contributed by atoms with Crippen molar-refractivity contribution in [3.63, 3.8) is 0 Å². The first kappa shape index (κ1) is 27.5. The highest BCUT2D eigenvalue weighted by atomic mass is 19.4. The minimum atomic E-state index is -4.43. The summed E-state index contributed by atoms with van der Waals surface area (Å²) >= 11 is 0. The lowest BCUT2D eigenvalue weighted by molar-refractivity contribution is -0.180. The number of allylic oxidation sites excluding steroid dienone is 1. The van der Waals surface area contributed by atoms with E-state index in [-0.39, 0.29) is 23.3 Å². The number of carbonyl (C=O) groups excluding carboxylic acids is 1. The monoisotopic (exact) mass is 553 g/mol. The van der Waals surface area contributed by atoms with Gasteiger partial charge in [-0.25, -0.2) is 0 Å². The molecule has 40 heavy (non-hydrogen) atoms. The Balaban J connectivity index is 1.09. The summed E-state index contributed by atoms with van der Waals surface area (Å²) in [5.74, 6) is -0.0404. The van der Waals surface area contributed by atoms with Crippen molar-refractivity contribution in [1.82, 2.24) is 14.8 Å². The third kappa shape index (κ3) is 4.77. The van der Waals surface area contributed by atoms with E-state index in [1.807, 2.05) is 13.8 Å². The molecule has 0 radical (unpaired) electrons. The molecule has 1 amide bonds. The SMILES string of the molecule is CC(C)C1(C(=O)N2CCc3cc(C(F)(F)F)cnc3CC2)CCC(N2CCC3(C=Cc4ccccc43)CC2)CO1. The van der Waals surface area contributed by atoms with Crippen LogP contribution in [0.1, 0.15) is 67.5 Å². The molecule has 8 heteroatoms. The number of nitrogens with zero attached hydrogens (tertiary/aromatic N) is 3. The number of halogens is 3. The first-order valence-corrected chi connectivity index (χ1v) is 14.6. The number of amides is 1. The summed E-state index contributed by atoms with van der Waals surface area (Å²) in [5, 5.41) is 0. The van der Waals surface area contributed by atoms with Gasteiger partial charge in [0.05, 0.1) is 12.2 Å². The van der Waals surface area contributed by atoms with E-state index in [4.69, 9.17) is 4.74 Å². The van der Waals surface area contributed by atoms with Crippen molar-refractivity contribution in [2.45, 2.75) is 75.6 Å². The van der Waals surface area contributed by atoms with E-state index in [2.05, 4.69) is 46.3 Å². The van der Waals surface area contributed by atoms with Gasteiger partial charge in [-0.3, -0.25) is 14.7 Å². The van der Waals surface area contributed by atoms with Crippen molar-refractivity contribution < 1.29 is 22.7 Å². The van der Waals surface area contributed by atoms with E-state index in [0.29, 0.717) is 50.2 Å². The van der Waals surface area contributed by atoms with Crippen molar-refractivity contribution in [3.8, 4) is 0 Å². The quantitative estimate of drug-likeness (QED) is 0.492. The average molecular weight is 554 g/mol. The normalized spacial score (nSPS) is 26.6. The van der Waals surface area contributed by atoms with Crippen molar-refractivity contribution in [2.75, 3.05) is 32.8 Å². The van der Waals surface area contributed by atoms with E-state index in [1.54, 1.807) is 4.90 Å². The fourth-order valence-electron chi connectivity index (χ4n) is 7.31. The maximum absolute atomic E-state index is 14.0. The molecule has 1 spiro atoms. The standard InChI is InChI=1S/C32H38F3N3O2/c1-22(2)31(29(39)38-15-9-24-19-25(32(33,34)35)20-36-28(24)10-16-38)12-8-26(21-40-31)37-17-13-30(14-18-37)11-7-23-5-3-4-6-27(23)30/h3-7,11,19-20,22,26H,8-10,12-18,21H2,1-2H3. The number of hydrogen-bond acceptors (Lipinski definition) is 4.